The van der Waals surface area contributed by atoms with Crippen molar-refractivity contribution in [3.63, 3.8) is 0 Å². The highest BCUT2D eigenvalue weighted by atomic mass is 35.5. The SMILES string of the molecule is COC(=O)[C@@H]1NC(=O)[C@H]2NC(=O)[C@H](NC(=O)[C@@H]3NC(=O)[C@H]4NC(=O)[C@@H](Cc5ccc(c(Cl)c5)Oc5cc3cc(c5OCCCCN3C(=O)c5ccccc5C3=O)Oc3ccc(cc3Cl)[C@H]2O)NC(=O)[C@@H](N)c2ccc(O)c(c2)Oc2cc(O)cc4c2)c2ccc(O)c(c2)-c2c(O)cc(O)cc21. The third-order valence-corrected chi connectivity index (χ3v) is 18.1. The molecule has 0 unspecified atom stereocenters. The number of benzene rings is 8. The number of amides is 8. The van der Waals surface area contributed by atoms with E-state index in [1.54, 1.807) is 24.3 Å². The highest BCUT2D eigenvalue weighted by Gasteiger charge is 2.42. The number of aromatic hydroxyl groups is 5. The lowest BCUT2D eigenvalue weighted by molar-refractivity contribution is -0.146. The molecular formula is C71H58Cl2N8O20. The van der Waals surface area contributed by atoms with Gasteiger partial charge in [0.1, 0.15) is 82.6 Å². The number of phenolic OH excluding ortho intramolecular Hbond substituents is 5. The molecular weight excluding hydrogens is 1360 g/mol. The van der Waals surface area contributed by atoms with Gasteiger partial charge in [-0.05, 0) is 137 Å². The molecule has 0 aromatic heterocycles. The maximum Gasteiger partial charge on any atom is 0.333 e. The van der Waals surface area contributed by atoms with E-state index >= 15 is 19.2 Å². The number of aliphatic hydroxyl groups excluding tert-OH is 1. The summed E-state index contributed by atoms with van der Waals surface area (Å²) in [5, 5.41) is 84.2. The Kier molecular flexibility index (Phi) is 18.2. The van der Waals surface area contributed by atoms with Gasteiger partial charge in [0.15, 0.2) is 29.0 Å². The normalized spacial score (nSPS) is 20.9. The number of nitrogens with two attached hydrogens (primary N) is 1. The van der Waals surface area contributed by atoms with Crippen LogP contribution >= 0.6 is 23.2 Å². The molecule has 8 atom stereocenters. The Labute approximate surface area is 581 Å². The molecule has 7 heterocycles. The van der Waals surface area contributed by atoms with Crippen LogP contribution in [0.15, 0.2) is 140 Å². The topological polar surface area (TPSA) is 423 Å². The summed E-state index contributed by atoms with van der Waals surface area (Å²) in [5.41, 5.74) is 5.32. The van der Waals surface area contributed by atoms with Crippen molar-refractivity contribution in [2.45, 2.75) is 67.7 Å². The van der Waals surface area contributed by atoms with Gasteiger partial charge in [-0.2, -0.15) is 0 Å². The first-order chi connectivity index (χ1) is 48.4. The van der Waals surface area contributed by atoms with Gasteiger partial charge >= 0.3 is 5.97 Å². The Hall–Kier alpha value is -12.1. The van der Waals surface area contributed by atoms with Gasteiger partial charge in [0.25, 0.3) is 11.8 Å². The molecule has 8 aromatic carbocycles. The minimum atomic E-state index is -2.19. The number of esters is 1. The first-order valence-corrected chi connectivity index (χ1v) is 31.9. The van der Waals surface area contributed by atoms with E-state index in [1.807, 2.05) is 0 Å². The number of halogens is 2. The van der Waals surface area contributed by atoms with E-state index in [9.17, 15) is 54.6 Å². The van der Waals surface area contributed by atoms with Crippen LogP contribution < -0.4 is 56.6 Å². The van der Waals surface area contributed by atoms with Gasteiger partial charge in [-0.25, -0.2) is 4.79 Å². The number of rotatable bonds is 7. The molecule has 14 N–H and O–H groups in total. The van der Waals surface area contributed by atoms with Crippen LogP contribution in [0.1, 0.15) is 109 Å². The smallest absolute Gasteiger partial charge is 0.333 e. The van der Waals surface area contributed by atoms with Gasteiger partial charge < -0.3 is 92.0 Å². The molecule has 101 heavy (non-hydrogen) atoms. The van der Waals surface area contributed by atoms with E-state index in [4.69, 9.17) is 52.6 Å². The molecule has 8 amide bonds. The molecule has 516 valence electrons. The van der Waals surface area contributed by atoms with E-state index < -0.39 is 136 Å². The minimum Gasteiger partial charge on any atom is -0.508 e. The van der Waals surface area contributed by atoms with Crippen molar-refractivity contribution in [3.05, 3.63) is 200 Å². The molecule has 7 aliphatic rings. The maximum atomic E-state index is 16.2. The molecule has 28 nitrogen and oxygen atoms in total. The summed E-state index contributed by atoms with van der Waals surface area (Å²) in [6.45, 7) is -0.242. The number of carbonyl (C=O) groups is 9. The Balaban J connectivity index is 1.01. The number of hydrogen-bond donors (Lipinski definition) is 13. The average molecular weight is 1410 g/mol. The molecule has 15 rings (SSSR count). The Morgan fingerprint density at radius 3 is 1.80 bits per heavy atom. The van der Waals surface area contributed by atoms with E-state index in [1.165, 1.54) is 72.8 Å². The number of fused-ring (bicyclic) bond motifs is 15. The van der Waals surface area contributed by atoms with Crippen molar-refractivity contribution < 1.29 is 97.5 Å². The fourth-order valence-electron chi connectivity index (χ4n) is 12.5. The fourth-order valence-corrected chi connectivity index (χ4v) is 12.9. The number of ether oxygens (including phenoxy) is 5. The zero-order valence-corrected chi connectivity index (χ0v) is 54.1. The number of aliphatic hydroxyl groups is 1. The van der Waals surface area contributed by atoms with Crippen LogP contribution in [0, 0.1) is 0 Å². The molecule has 17 bridgehead atoms. The molecule has 8 aromatic rings. The molecule has 7 aliphatic heterocycles. The number of methoxy groups -OCH3 is 1. The minimum absolute atomic E-state index is 0.0282. The first-order valence-electron chi connectivity index (χ1n) is 31.2. The second-order valence-corrected chi connectivity index (χ2v) is 24.9. The lowest BCUT2D eigenvalue weighted by Crippen LogP contribution is -2.55. The highest BCUT2D eigenvalue weighted by molar-refractivity contribution is 6.32. The summed E-state index contributed by atoms with van der Waals surface area (Å²) in [6.07, 6.45) is -2.15. The molecule has 0 radical (unpaired) electrons. The van der Waals surface area contributed by atoms with Crippen molar-refractivity contribution in [3.8, 4) is 80.1 Å². The Bertz CT molecular complexity index is 4810. The molecule has 0 spiro atoms. The second-order valence-electron chi connectivity index (χ2n) is 24.1. The number of imide groups is 1. The zero-order valence-electron chi connectivity index (χ0n) is 52.6. The Morgan fingerprint density at radius 2 is 1.13 bits per heavy atom. The lowest BCUT2D eigenvalue weighted by atomic mass is 9.89. The molecule has 30 heteroatoms. The number of carbonyl (C=O) groups excluding carboxylic acids is 9. The van der Waals surface area contributed by atoms with E-state index in [0.29, 0.717) is 5.56 Å². The van der Waals surface area contributed by atoms with Crippen LogP contribution in [0.5, 0.6) is 69.0 Å². The summed E-state index contributed by atoms with van der Waals surface area (Å²) in [5.74, 6) is -14.1. The van der Waals surface area contributed by atoms with Gasteiger partial charge in [0, 0.05) is 41.8 Å². The van der Waals surface area contributed by atoms with Gasteiger partial charge in [0.05, 0.1) is 34.9 Å². The second kappa shape index (κ2) is 27.3. The molecule has 0 saturated carbocycles. The third-order valence-electron chi connectivity index (χ3n) is 17.5. The highest BCUT2D eigenvalue weighted by Crippen LogP contribution is 2.49. The quantitative estimate of drug-likeness (QED) is 0.0442. The fraction of sp³-hybridized carbons (Fsp3) is 0.197. The van der Waals surface area contributed by atoms with Gasteiger partial charge in [-0.15, -0.1) is 0 Å². The van der Waals surface area contributed by atoms with Crippen molar-refractivity contribution >= 4 is 76.4 Å². The zero-order chi connectivity index (χ0) is 71.4. The Morgan fingerprint density at radius 1 is 0.535 bits per heavy atom. The monoisotopic (exact) mass is 1410 g/mol. The van der Waals surface area contributed by atoms with Gasteiger partial charge in [-0.3, -0.25) is 43.3 Å². The molecule has 0 saturated heterocycles. The van der Waals surface area contributed by atoms with Crippen LogP contribution in [0.4, 0.5) is 0 Å². The van der Waals surface area contributed by atoms with Crippen molar-refractivity contribution in [2.75, 3.05) is 20.3 Å². The number of phenols is 5. The number of unbranched alkanes of at least 4 members (excludes halogenated alkanes) is 1. The van der Waals surface area contributed by atoms with Crippen LogP contribution in [0.3, 0.4) is 0 Å². The number of nitrogens with zero attached hydrogens (tertiary/aromatic N) is 1. The van der Waals surface area contributed by atoms with Crippen LogP contribution in [-0.4, -0.2) is 121 Å². The average Bonchev–Trinajstić information content (AvgIpc) is 1.75. The van der Waals surface area contributed by atoms with Crippen LogP contribution in [-0.2, 0) is 44.7 Å². The van der Waals surface area contributed by atoms with Crippen molar-refractivity contribution in [1.82, 2.24) is 36.8 Å². The van der Waals surface area contributed by atoms with Crippen molar-refractivity contribution in [2.24, 2.45) is 5.73 Å². The predicted molar refractivity (Wildman–Crippen MR) is 354 cm³/mol. The van der Waals surface area contributed by atoms with Crippen LogP contribution in [0.25, 0.3) is 11.1 Å². The summed E-state index contributed by atoms with van der Waals surface area (Å²) in [7, 11) is 0.965. The molecule has 0 aliphatic carbocycles. The van der Waals surface area contributed by atoms with E-state index in [-0.39, 0.29) is 133 Å². The number of hydrogen-bond acceptors (Lipinski definition) is 21. The van der Waals surface area contributed by atoms with Crippen LogP contribution in [0.2, 0.25) is 10.0 Å². The lowest BCUT2D eigenvalue weighted by Gasteiger charge is -2.31. The van der Waals surface area contributed by atoms with Crippen molar-refractivity contribution in [1.29, 1.82) is 0 Å². The summed E-state index contributed by atoms with van der Waals surface area (Å²) >= 11 is 14.2. The summed E-state index contributed by atoms with van der Waals surface area (Å²) < 4.78 is 31.0. The van der Waals surface area contributed by atoms with Gasteiger partial charge in [-0.1, -0.05) is 59.6 Å². The summed E-state index contributed by atoms with van der Waals surface area (Å²) in [4.78, 5) is 134. The van der Waals surface area contributed by atoms with Gasteiger partial charge in [0.2, 0.25) is 41.2 Å². The standard InChI is InChI=1S/C71H58Cl2N8O20/c1-97-71(96)59-42-28-37(83)29-48(86)54(42)41-22-32(10-12-46(41)84)56-65(90)80-60(68(93)79-59)61(87)33-11-15-50(44(73)23-33)101-53-26-35-25-52(62(53)98-17-5-4-16-81-69(94)39-6-2-3-7-40(39)70(81)95)100-49-14-8-30(18-43(49)72)19-45-63(88)76-57(66(91)78-58(35)67(92)77-56)34-20-36(82)27-38(21-34)99-51-24-31(9-13-47(51)85)55(74)64(89)75-45/h2-3,6-15,18,20-29,45,55-61,82-87H,4-5,16-17,19,74H2,1H3,(H,75,89)(H,76,88)(H,77,92)(H,78,91)(H,79,93)(H,80,90)/t45-,55+,56-,57+,58-,59-,60+,61-/m1/s1. The predicted octanol–water partition coefficient (Wildman–Crippen LogP) is 6.82. The number of nitrogens with one attached hydrogen (secondary N) is 6. The first kappa shape index (κ1) is 67.5. The summed E-state index contributed by atoms with van der Waals surface area (Å²) in [6, 6.07) is 15.6. The van der Waals surface area contributed by atoms with E-state index in [0.717, 1.165) is 54.5 Å². The molecule has 0 fully saturated rings. The largest absolute Gasteiger partial charge is 0.508 e. The van der Waals surface area contributed by atoms with E-state index in [2.05, 4.69) is 31.9 Å². The maximum absolute atomic E-state index is 16.2. The third kappa shape index (κ3) is 13.3.